The van der Waals surface area contributed by atoms with Crippen LogP contribution in [0.4, 0.5) is 13.2 Å². The summed E-state index contributed by atoms with van der Waals surface area (Å²) in [5.41, 5.74) is 6.98. The summed E-state index contributed by atoms with van der Waals surface area (Å²) in [4.78, 5) is 41.1. The van der Waals surface area contributed by atoms with Gasteiger partial charge in [-0.15, -0.1) is 11.3 Å². The van der Waals surface area contributed by atoms with Gasteiger partial charge in [-0.1, -0.05) is 30.3 Å². The van der Waals surface area contributed by atoms with Crippen LogP contribution >= 0.6 is 11.3 Å². The molecule has 5 rings (SSSR count). The summed E-state index contributed by atoms with van der Waals surface area (Å²) in [6, 6.07) is 13.2. The number of alkyl halides is 3. The molecule has 200 valence electrons. The van der Waals surface area contributed by atoms with E-state index in [9.17, 15) is 27.6 Å². The Morgan fingerprint density at radius 3 is 2.21 bits per heavy atom. The first-order valence-corrected chi connectivity index (χ1v) is 12.8. The molecule has 2 aromatic heterocycles. The van der Waals surface area contributed by atoms with Crippen molar-refractivity contribution in [3.8, 4) is 11.3 Å². The number of carbonyl (C=O) groups excluding carboxylic acids is 3. The van der Waals surface area contributed by atoms with Gasteiger partial charge < -0.3 is 5.73 Å². The summed E-state index contributed by atoms with van der Waals surface area (Å²) in [6.07, 6.45) is -3.26. The quantitative estimate of drug-likeness (QED) is 0.319. The monoisotopic (exact) mass is 552 g/mol. The number of thiophene rings is 1. The van der Waals surface area contributed by atoms with Gasteiger partial charge in [0.15, 0.2) is 0 Å². The first-order valence-electron chi connectivity index (χ1n) is 12.0. The Morgan fingerprint density at radius 2 is 1.64 bits per heavy atom. The van der Waals surface area contributed by atoms with Crippen LogP contribution in [0.15, 0.2) is 60.8 Å². The summed E-state index contributed by atoms with van der Waals surface area (Å²) < 4.78 is 43.5. The van der Waals surface area contributed by atoms with Gasteiger partial charge in [-0.2, -0.15) is 18.3 Å². The third kappa shape index (κ3) is 4.63. The topological polar surface area (TPSA) is 98.3 Å². The maximum absolute atomic E-state index is 14.0. The molecule has 0 aliphatic carbocycles. The summed E-state index contributed by atoms with van der Waals surface area (Å²) in [7, 11) is 1.71. The second kappa shape index (κ2) is 9.81. The minimum absolute atomic E-state index is 0.0261. The largest absolute Gasteiger partial charge is 0.416 e. The van der Waals surface area contributed by atoms with Gasteiger partial charge >= 0.3 is 6.18 Å². The molecule has 1 atom stereocenters. The average Bonchev–Trinajstić information content (AvgIpc) is 3.53. The molecule has 0 spiro atoms. The molecule has 0 fully saturated rings. The SMILES string of the molecule is Cc1sc(C(N)=O)c([C@H](Cc2ccccc2C(F)(F)F)CN2C(=O)c3ccccc3C2=O)c1-c1ccnn1C. The van der Waals surface area contributed by atoms with Gasteiger partial charge in [0.25, 0.3) is 17.7 Å². The van der Waals surface area contributed by atoms with Crippen molar-refractivity contribution >= 4 is 29.1 Å². The Bertz CT molecular complexity index is 1590. The third-order valence-electron chi connectivity index (χ3n) is 6.90. The number of aryl methyl sites for hydroxylation is 2. The van der Waals surface area contributed by atoms with Gasteiger partial charge in [0.05, 0.1) is 27.3 Å². The number of nitrogens with two attached hydrogens (primary N) is 1. The van der Waals surface area contributed by atoms with E-state index in [-0.39, 0.29) is 34.5 Å². The van der Waals surface area contributed by atoms with E-state index >= 15 is 0 Å². The predicted octanol–water partition coefficient (Wildman–Crippen LogP) is 5.20. The van der Waals surface area contributed by atoms with E-state index < -0.39 is 35.4 Å². The maximum atomic E-state index is 14.0. The van der Waals surface area contributed by atoms with Crippen LogP contribution in [-0.2, 0) is 19.6 Å². The summed E-state index contributed by atoms with van der Waals surface area (Å²) in [6.45, 7) is 1.53. The van der Waals surface area contributed by atoms with Crippen molar-refractivity contribution in [2.75, 3.05) is 6.54 Å². The number of hydrogen-bond donors (Lipinski definition) is 1. The standard InChI is InChI=1S/C28H23F3N4O3S/c1-15-22(21-11-12-33-34(21)2)23(24(39-15)25(32)36)17(13-16-7-3-6-10-20(16)28(29,30)31)14-35-26(37)18-8-4-5-9-19(18)27(35)38/h3-12,17H,13-14H2,1-2H3,(H2,32,36)/t17-/m1/s1. The van der Waals surface area contributed by atoms with Crippen LogP contribution < -0.4 is 5.73 Å². The molecular weight excluding hydrogens is 529 g/mol. The Labute approximate surface area is 225 Å². The molecule has 0 bridgehead atoms. The van der Waals surface area contributed by atoms with Crippen molar-refractivity contribution in [3.05, 3.63) is 98.4 Å². The molecule has 2 aromatic carbocycles. The lowest BCUT2D eigenvalue weighted by atomic mass is 9.85. The van der Waals surface area contributed by atoms with Crippen LogP contribution in [0.25, 0.3) is 11.3 Å². The number of imide groups is 1. The molecule has 3 heterocycles. The number of benzene rings is 2. The predicted molar refractivity (Wildman–Crippen MR) is 139 cm³/mol. The van der Waals surface area contributed by atoms with Crippen LogP contribution in [0.1, 0.15) is 57.9 Å². The fourth-order valence-electron chi connectivity index (χ4n) is 5.20. The number of nitrogens with zero attached hydrogens (tertiary/aromatic N) is 3. The Kier molecular flexibility index (Phi) is 6.63. The van der Waals surface area contributed by atoms with Gasteiger partial charge in [-0.25, -0.2) is 0 Å². The number of fused-ring (bicyclic) bond motifs is 1. The highest BCUT2D eigenvalue weighted by molar-refractivity contribution is 7.14. The molecular formula is C28H23F3N4O3S. The van der Waals surface area contributed by atoms with Gasteiger partial charge in [-0.3, -0.25) is 24.0 Å². The maximum Gasteiger partial charge on any atom is 0.416 e. The number of rotatable bonds is 7. The first-order chi connectivity index (χ1) is 18.5. The molecule has 0 radical (unpaired) electrons. The normalized spacial score (nSPS) is 14.1. The molecule has 1 aliphatic heterocycles. The van der Waals surface area contributed by atoms with Crippen molar-refractivity contribution in [1.29, 1.82) is 0 Å². The lowest BCUT2D eigenvalue weighted by Gasteiger charge is -2.26. The van der Waals surface area contributed by atoms with Crippen molar-refractivity contribution in [2.45, 2.75) is 25.4 Å². The van der Waals surface area contributed by atoms with Crippen LogP contribution in [0.2, 0.25) is 0 Å². The zero-order valence-electron chi connectivity index (χ0n) is 21.0. The van der Waals surface area contributed by atoms with Gasteiger partial charge in [0.2, 0.25) is 0 Å². The van der Waals surface area contributed by atoms with Gasteiger partial charge in [0, 0.05) is 36.1 Å². The number of carbonyl (C=O) groups is 3. The summed E-state index contributed by atoms with van der Waals surface area (Å²) in [5, 5.41) is 4.21. The average molecular weight is 553 g/mol. The van der Waals surface area contributed by atoms with Gasteiger partial charge in [0.1, 0.15) is 0 Å². The molecule has 4 aromatic rings. The van der Waals surface area contributed by atoms with Gasteiger partial charge in [-0.05, 0) is 48.7 Å². The van der Waals surface area contributed by atoms with Crippen molar-refractivity contribution in [3.63, 3.8) is 0 Å². The Morgan fingerprint density at radius 1 is 1.03 bits per heavy atom. The molecule has 0 saturated carbocycles. The second-order valence-electron chi connectivity index (χ2n) is 9.30. The van der Waals surface area contributed by atoms with Crippen LogP contribution in [0.5, 0.6) is 0 Å². The minimum Gasteiger partial charge on any atom is -0.365 e. The Hall–Kier alpha value is -4.25. The molecule has 2 N–H and O–H groups in total. The fraction of sp³-hybridized carbons (Fsp3) is 0.214. The molecule has 0 unspecified atom stereocenters. The molecule has 0 saturated heterocycles. The highest BCUT2D eigenvalue weighted by Gasteiger charge is 2.40. The van der Waals surface area contributed by atoms with Crippen LogP contribution in [0.3, 0.4) is 0 Å². The lowest BCUT2D eigenvalue weighted by Crippen LogP contribution is -2.35. The number of amides is 3. The number of hydrogen-bond acceptors (Lipinski definition) is 5. The van der Waals surface area contributed by atoms with E-state index in [4.69, 9.17) is 5.73 Å². The Balaban J connectivity index is 1.70. The number of aromatic nitrogens is 2. The minimum atomic E-state index is -4.63. The van der Waals surface area contributed by atoms with Crippen molar-refractivity contribution in [1.82, 2.24) is 14.7 Å². The van der Waals surface area contributed by atoms with E-state index in [2.05, 4.69) is 5.10 Å². The summed E-state index contributed by atoms with van der Waals surface area (Å²) >= 11 is 1.13. The number of halogens is 3. The fourth-order valence-corrected chi connectivity index (χ4v) is 6.30. The number of primary amides is 1. The van der Waals surface area contributed by atoms with Crippen LogP contribution in [0, 0.1) is 6.92 Å². The third-order valence-corrected chi connectivity index (χ3v) is 8.04. The summed E-state index contributed by atoms with van der Waals surface area (Å²) in [5.74, 6) is -2.71. The van der Waals surface area contributed by atoms with E-state index in [1.54, 1.807) is 43.0 Å². The zero-order valence-corrected chi connectivity index (χ0v) is 21.8. The zero-order chi connectivity index (χ0) is 28.1. The van der Waals surface area contributed by atoms with Crippen molar-refractivity contribution in [2.24, 2.45) is 12.8 Å². The highest BCUT2D eigenvalue weighted by atomic mass is 32.1. The van der Waals surface area contributed by atoms with E-state index in [1.165, 1.54) is 30.3 Å². The molecule has 1 aliphatic rings. The smallest absolute Gasteiger partial charge is 0.365 e. The van der Waals surface area contributed by atoms with E-state index in [0.29, 0.717) is 21.7 Å². The first kappa shape index (κ1) is 26.4. The second-order valence-corrected chi connectivity index (χ2v) is 10.5. The van der Waals surface area contributed by atoms with Crippen molar-refractivity contribution < 1.29 is 27.6 Å². The van der Waals surface area contributed by atoms with E-state index in [0.717, 1.165) is 22.3 Å². The molecule has 3 amide bonds. The molecule has 39 heavy (non-hydrogen) atoms. The van der Waals surface area contributed by atoms with Crippen LogP contribution in [-0.4, -0.2) is 38.9 Å². The van der Waals surface area contributed by atoms with E-state index in [1.807, 2.05) is 0 Å². The molecule has 11 heteroatoms. The lowest BCUT2D eigenvalue weighted by molar-refractivity contribution is -0.138. The molecule has 7 nitrogen and oxygen atoms in total. The highest BCUT2D eigenvalue weighted by Crippen LogP contribution is 2.43.